The second kappa shape index (κ2) is 5.45. The first-order valence-electron chi connectivity index (χ1n) is 4.37. The van der Waals surface area contributed by atoms with Crippen LogP contribution < -0.4 is 11.2 Å². The molecule has 0 fully saturated rings. The highest BCUT2D eigenvalue weighted by Gasteiger charge is 2.03. The van der Waals surface area contributed by atoms with Gasteiger partial charge in [0, 0.05) is 18.3 Å². The minimum Gasteiger partial charge on any atom is -0.478 e. The predicted octanol–water partition coefficient (Wildman–Crippen LogP) is -1.25. The lowest BCUT2D eigenvalue weighted by atomic mass is 10.3. The van der Waals surface area contributed by atoms with Crippen LogP contribution in [0.4, 0.5) is 0 Å². The van der Waals surface area contributed by atoms with Gasteiger partial charge in [-0.2, -0.15) is 0 Å². The fraction of sp³-hybridized carbons (Fsp3) is 0.111. The Bertz CT molecular complexity index is 567. The van der Waals surface area contributed by atoms with Crippen molar-refractivity contribution in [1.29, 1.82) is 0 Å². The van der Waals surface area contributed by atoms with Crippen LogP contribution in [0.5, 0.6) is 0 Å². The Morgan fingerprint density at radius 1 is 1.35 bits per heavy atom. The maximum absolute atomic E-state index is 11.1. The van der Waals surface area contributed by atoms with Crippen molar-refractivity contribution in [2.45, 2.75) is 6.61 Å². The molecule has 0 unspecified atom stereocenters. The SMILES string of the molecule is O=C(O)C=CC(=O)OCc1c[nH]c(=O)[nH]c1=O. The fourth-order valence-electron chi connectivity index (χ4n) is 0.881. The van der Waals surface area contributed by atoms with Crippen molar-refractivity contribution in [2.24, 2.45) is 0 Å². The number of esters is 1. The summed E-state index contributed by atoms with van der Waals surface area (Å²) in [5.74, 6) is -2.19. The van der Waals surface area contributed by atoms with Gasteiger partial charge >= 0.3 is 17.6 Å². The quantitative estimate of drug-likeness (QED) is 0.445. The third-order valence-electron chi connectivity index (χ3n) is 1.63. The number of carbonyl (C=O) groups is 2. The van der Waals surface area contributed by atoms with Crippen molar-refractivity contribution in [2.75, 3.05) is 0 Å². The van der Waals surface area contributed by atoms with Crippen LogP contribution in [0.2, 0.25) is 0 Å². The highest BCUT2D eigenvalue weighted by Crippen LogP contribution is 1.91. The van der Waals surface area contributed by atoms with Crippen molar-refractivity contribution in [3.8, 4) is 0 Å². The van der Waals surface area contributed by atoms with E-state index in [1.807, 2.05) is 4.98 Å². The monoisotopic (exact) mass is 240 g/mol. The van der Waals surface area contributed by atoms with Crippen LogP contribution in [0.25, 0.3) is 0 Å². The summed E-state index contributed by atoms with van der Waals surface area (Å²) >= 11 is 0. The summed E-state index contributed by atoms with van der Waals surface area (Å²) in [5.41, 5.74) is -1.30. The number of aromatic amines is 2. The predicted molar refractivity (Wildman–Crippen MR) is 54.3 cm³/mol. The Kier molecular flexibility index (Phi) is 3.98. The average molecular weight is 240 g/mol. The zero-order chi connectivity index (χ0) is 12.8. The van der Waals surface area contributed by atoms with Gasteiger partial charge in [-0.1, -0.05) is 0 Å². The van der Waals surface area contributed by atoms with Gasteiger partial charge in [0.05, 0.1) is 5.56 Å². The first kappa shape index (κ1) is 12.4. The van der Waals surface area contributed by atoms with Crippen molar-refractivity contribution in [3.63, 3.8) is 0 Å². The molecule has 0 aliphatic carbocycles. The number of nitrogens with one attached hydrogen (secondary N) is 2. The van der Waals surface area contributed by atoms with E-state index in [-0.39, 0.29) is 12.2 Å². The highest BCUT2D eigenvalue weighted by molar-refractivity contribution is 5.90. The normalized spacial score (nSPS) is 10.4. The molecule has 0 saturated heterocycles. The summed E-state index contributed by atoms with van der Waals surface area (Å²) in [6.07, 6.45) is 2.43. The van der Waals surface area contributed by atoms with E-state index in [2.05, 4.69) is 9.72 Å². The standard InChI is InChI=1S/C9H8N2O6/c12-6(13)1-2-7(14)17-4-5-3-10-9(16)11-8(5)15/h1-3H,4H2,(H,12,13)(H2,10,11,15,16). The van der Waals surface area contributed by atoms with Gasteiger partial charge in [-0.15, -0.1) is 0 Å². The summed E-state index contributed by atoms with van der Waals surface area (Å²) in [6, 6.07) is 0. The Hall–Kier alpha value is -2.64. The molecule has 0 saturated carbocycles. The molecule has 8 nitrogen and oxygen atoms in total. The Morgan fingerprint density at radius 3 is 2.65 bits per heavy atom. The van der Waals surface area contributed by atoms with Gasteiger partial charge in [-0.3, -0.25) is 9.78 Å². The van der Waals surface area contributed by atoms with Gasteiger partial charge in [-0.25, -0.2) is 14.4 Å². The molecule has 0 aliphatic heterocycles. The van der Waals surface area contributed by atoms with Crippen molar-refractivity contribution < 1.29 is 19.4 Å². The zero-order valence-electron chi connectivity index (χ0n) is 8.43. The molecule has 8 heteroatoms. The molecular formula is C9H8N2O6. The Balaban J connectivity index is 2.62. The molecule has 0 spiro atoms. The molecule has 0 radical (unpaired) electrons. The molecule has 0 amide bonds. The number of rotatable bonds is 4. The number of aliphatic carboxylic acids is 1. The minimum atomic E-state index is -1.29. The number of carbonyl (C=O) groups excluding carboxylic acids is 1. The number of hydrogen-bond acceptors (Lipinski definition) is 5. The second-order valence-corrected chi connectivity index (χ2v) is 2.88. The largest absolute Gasteiger partial charge is 0.478 e. The van der Waals surface area contributed by atoms with Crippen molar-refractivity contribution in [1.82, 2.24) is 9.97 Å². The number of H-pyrrole nitrogens is 2. The number of hydrogen-bond donors (Lipinski definition) is 3. The van der Waals surface area contributed by atoms with Crippen molar-refractivity contribution in [3.05, 3.63) is 44.8 Å². The van der Waals surface area contributed by atoms with E-state index < -0.39 is 23.2 Å². The molecule has 0 atom stereocenters. The third kappa shape index (κ3) is 4.16. The molecule has 0 aromatic carbocycles. The summed E-state index contributed by atoms with van der Waals surface area (Å²) in [7, 11) is 0. The molecule has 0 aliphatic rings. The summed E-state index contributed by atoms with van der Waals surface area (Å²) in [5, 5.41) is 8.23. The van der Waals surface area contributed by atoms with Crippen LogP contribution in [0, 0.1) is 0 Å². The van der Waals surface area contributed by atoms with Gasteiger partial charge in [0.15, 0.2) is 0 Å². The van der Waals surface area contributed by atoms with Gasteiger partial charge in [0.1, 0.15) is 6.61 Å². The Labute approximate surface area is 93.6 Å². The van der Waals surface area contributed by atoms with Crippen LogP contribution in [-0.4, -0.2) is 27.0 Å². The van der Waals surface area contributed by atoms with Gasteiger partial charge in [-0.05, 0) is 0 Å². The lowest BCUT2D eigenvalue weighted by Crippen LogP contribution is -2.25. The average Bonchev–Trinajstić information content (AvgIpc) is 2.25. The summed E-state index contributed by atoms with van der Waals surface area (Å²) < 4.78 is 4.57. The smallest absolute Gasteiger partial charge is 0.331 e. The number of carboxylic acids is 1. The lowest BCUT2D eigenvalue weighted by Gasteiger charge is -1.99. The van der Waals surface area contributed by atoms with Crippen LogP contribution >= 0.6 is 0 Å². The lowest BCUT2D eigenvalue weighted by molar-refractivity contribution is -0.139. The van der Waals surface area contributed by atoms with Gasteiger partial charge in [0.2, 0.25) is 0 Å². The molecule has 1 aromatic rings. The van der Waals surface area contributed by atoms with E-state index in [4.69, 9.17) is 5.11 Å². The van der Waals surface area contributed by atoms with Gasteiger partial charge < -0.3 is 14.8 Å². The number of carboxylic acid groups (broad SMARTS) is 1. The van der Waals surface area contributed by atoms with E-state index in [1.165, 1.54) is 0 Å². The van der Waals surface area contributed by atoms with E-state index >= 15 is 0 Å². The zero-order valence-corrected chi connectivity index (χ0v) is 8.43. The van der Waals surface area contributed by atoms with E-state index in [0.29, 0.717) is 12.2 Å². The summed E-state index contributed by atoms with van der Waals surface area (Å²) in [4.78, 5) is 47.0. The third-order valence-corrected chi connectivity index (χ3v) is 1.63. The fourth-order valence-corrected chi connectivity index (χ4v) is 0.881. The van der Waals surface area contributed by atoms with Crippen LogP contribution in [0.3, 0.4) is 0 Å². The van der Waals surface area contributed by atoms with E-state index in [1.54, 1.807) is 0 Å². The maximum Gasteiger partial charge on any atom is 0.331 e. The molecule has 1 rings (SSSR count). The van der Waals surface area contributed by atoms with Crippen LogP contribution in [-0.2, 0) is 20.9 Å². The second-order valence-electron chi connectivity index (χ2n) is 2.88. The molecule has 17 heavy (non-hydrogen) atoms. The minimum absolute atomic E-state index is 0.0432. The van der Waals surface area contributed by atoms with Crippen LogP contribution in [0.1, 0.15) is 5.56 Å². The Morgan fingerprint density at radius 2 is 2.06 bits per heavy atom. The van der Waals surface area contributed by atoms with E-state index in [0.717, 1.165) is 6.20 Å². The number of ether oxygens (including phenoxy) is 1. The van der Waals surface area contributed by atoms with Crippen LogP contribution in [0.15, 0.2) is 27.9 Å². The first-order valence-corrected chi connectivity index (χ1v) is 4.37. The number of aromatic nitrogens is 2. The maximum atomic E-state index is 11.1. The summed E-state index contributed by atoms with van der Waals surface area (Å²) in [6.45, 7) is -0.366. The first-order chi connectivity index (χ1) is 7.99. The molecule has 1 heterocycles. The van der Waals surface area contributed by atoms with E-state index in [9.17, 15) is 19.2 Å². The topological polar surface area (TPSA) is 129 Å². The van der Waals surface area contributed by atoms with Gasteiger partial charge in [0.25, 0.3) is 5.56 Å². The molecule has 90 valence electrons. The van der Waals surface area contributed by atoms with Crippen molar-refractivity contribution >= 4 is 11.9 Å². The molecule has 3 N–H and O–H groups in total. The molecular weight excluding hydrogens is 232 g/mol. The molecule has 0 bridgehead atoms. The highest BCUT2D eigenvalue weighted by atomic mass is 16.5. The molecule has 1 aromatic heterocycles.